The van der Waals surface area contributed by atoms with Crippen molar-refractivity contribution in [3.05, 3.63) is 16.7 Å². The Morgan fingerprint density at radius 1 is 1.50 bits per heavy atom. The number of carbonyl (C=O) groups is 1. The lowest BCUT2D eigenvalue weighted by Crippen LogP contribution is -2.23. The predicted octanol–water partition coefficient (Wildman–Crippen LogP) is 2.00. The third kappa shape index (κ3) is 1.82. The molecule has 0 bridgehead atoms. The SMILES string of the molecule is O=C(O)C1CCCn2c(C3CCOC3)nc(Cl)c21. The molecule has 0 aliphatic carbocycles. The highest BCUT2D eigenvalue weighted by Crippen LogP contribution is 2.37. The van der Waals surface area contributed by atoms with Gasteiger partial charge in [0.15, 0.2) is 5.15 Å². The van der Waals surface area contributed by atoms with Crippen LogP contribution in [-0.4, -0.2) is 33.8 Å². The van der Waals surface area contributed by atoms with Gasteiger partial charge in [0, 0.05) is 19.1 Å². The molecule has 2 unspecified atom stereocenters. The molecule has 1 saturated heterocycles. The van der Waals surface area contributed by atoms with Gasteiger partial charge in [-0.25, -0.2) is 4.98 Å². The summed E-state index contributed by atoms with van der Waals surface area (Å²) in [6.07, 6.45) is 2.43. The highest BCUT2D eigenvalue weighted by Gasteiger charge is 2.34. The van der Waals surface area contributed by atoms with Gasteiger partial charge < -0.3 is 14.4 Å². The second-order valence-electron chi connectivity index (χ2n) is 4.89. The largest absolute Gasteiger partial charge is 0.481 e. The van der Waals surface area contributed by atoms with Crippen LogP contribution >= 0.6 is 11.6 Å². The second-order valence-corrected chi connectivity index (χ2v) is 5.25. The van der Waals surface area contributed by atoms with E-state index in [0.717, 1.165) is 31.8 Å². The third-order valence-electron chi connectivity index (χ3n) is 3.79. The number of hydrogen-bond acceptors (Lipinski definition) is 3. The predicted molar refractivity (Wildman–Crippen MR) is 65.0 cm³/mol. The Morgan fingerprint density at radius 3 is 3.00 bits per heavy atom. The maximum atomic E-state index is 11.3. The van der Waals surface area contributed by atoms with E-state index in [0.29, 0.717) is 23.9 Å². The van der Waals surface area contributed by atoms with Crippen molar-refractivity contribution in [2.75, 3.05) is 13.2 Å². The van der Waals surface area contributed by atoms with E-state index >= 15 is 0 Å². The summed E-state index contributed by atoms with van der Waals surface area (Å²) in [5.41, 5.74) is 0.678. The maximum absolute atomic E-state index is 11.3. The molecule has 0 aromatic carbocycles. The Hall–Kier alpha value is -1.07. The molecule has 0 amide bonds. The summed E-state index contributed by atoms with van der Waals surface area (Å²) in [6, 6.07) is 0. The number of aliphatic carboxylic acids is 1. The summed E-state index contributed by atoms with van der Waals surface area (Å²) in [4.78, 5) is 15.7. The molecule has 5 nitrogen and oxygen atoms in total. The Bertz CT molecular complexity index is 480. The minimum absolute atomic E-state index is 0.254. The summed E-state index contributed by atoms with van der Waals surface area (Å²) in [6.45, 7) is 2.21. The number of carboxylic acid groups (broad SMARTS) is 1. The van der Waals surface area contributed by atoms with E-state index in [1.165, 1.54) is 0 Å². The molecular weight excluding hydrogens is 256 g/mol. The lowest BCUT2D eigenvalue weighted by molar-refractivity contribution is -0.139. The van der Waals surface area contributed by atoms with E-state index in [1.54, 1.807) is 0 Å². The van der Waals surface area contributed by atoms with E-state index < -0.39 is 11.9 Å². The lowest BCUT2D eigenvalue weighted by Gasteiger charge is -2.23. The van der Waals surface area contributed by atoms with Crippen LogP contribution in [0.1, 0.15) is 42.6 Å². The van der Waals surface area contributed by atoms with Gasteiger partial charge in [0.25, 0.3) is 0 Å². The van der Waals surface area contributed by atoms with Gasteiger partial charge in [-0.1, -0.05) is 11.6 Å². The second kappa shape index (κ2) is 4.55. The number of aromatic nitrogens is 2. The third-order valence-corrected chi connectivity index (χ3v) is 4.07. The van der Waals surface area contributed by atoms with Gasteiger partial charge in [0.1, 0.15) is 11.7 Å². The molecule has 2 aliphatic heterocycles. The topological polar surface area (TPSA) is 64.3 Å². The molecule has 0 radical (unpaired) electrons. The first kappa shape index (κ1) is 12.0. The summed E-state index contributed by atoms with van der Waals surface area (Å²) in [7, 11) is 0. The van der Waals surface area contributed by atoms with Crippen LogP contribution in [0.5, 0.6) is 0 Å². The number of fused-ring (bicyclic) bond motifs is 1. The van der Waals surface area contributed by atoms with Gasteiger partial charge >= 0.3 is 5.97 Å². The Balaban J connectivity index is 2.03. The van der Waals surface area contributed by atoms with E-state index in [2.05, 4.69) is 4.98 Å². The fraction of sp³-hybridized carbons (Fsp3) is 0.667. The quantitative estimate of drug-likeness (QED) is 0.893. The van der Waals surface area contributed by atoms with Gasteiger partial charge in [0.05, 0.1) is 12.3 Å². The molecule has 0 spiro atoms. The zero-order chi connectivity index (χ0) is 12.7. The van der Waals surface area contributed by atoms with Gasteiger partial charge in [-0.2, -0.15) is 0 Å². The fourth-order valence-electron chi connectivity index (χ4n) is 2.90. The molecule has 2 atom stereocenters. The van der Waals surface area contributed by atoms with Crippen LogP contribution in [-0.2, 0) is 16.1 Å². The number of halogens is 1. The molecular formula is C12H15ClN2O3. The number of nitrogens with zero attached hydrogens (tertiary/aromatic N) is 2. The van der Waals surface area contributed by atoms with Crippen molar-refractivity contribution >= 4 is 17.6 Å². The number of ether oxygens (including phenoxy) is 1. The van der Waals surface area contributed by atoms with Crippen molar-refractivity contribution in [3.63, 3.8) is 0 Å². The molecule has 98 valence electrons. The normalized spacial score (nSPS) is 27.2. The van der Waals surface area contributed by atoms with E-state index in [-0.39, 0.29) is 5.92 Å². The smallest absolute Gasteiger partial charge is 0.312 e. The Labute approximate surface area is 110 Å². The molecule has 6 heteroatoms. The van der Waals surface area contributed by atoms with Gasteiger partial charge in [-0.15, -0.1) is 0 Å². The number of rotatable bonds is 2. The van der Waals surface area contributed by atoms with Crippen molar-refractivity contribution < 1.29 is 14.6 Å². The lowest BCUT2D eigenvalue weighted by atomic mass is 9.96. The van der Waals surface area contributed by atoms with Crippen molar-refractivity contribution in [2.45, 2.75) is 37.6 Å². The summed E-state index contributed by atoms with van der Waals surface area (Å²) in [5.74, 6) is -0.177. The Kier molecular flexibility index (Phi) is 3.03. The van der Waals surface area contributed by atoms with Crippen molar-refractivity contribution in [1.82, 2.24) is 9.55 Å². The first-order valence-electron chi connectivity index (χ1n) is 6.25. The summed E-state index contributed by atoms with van der Waals surface area (Å²) in [5, 5.41) is 9.61. The van der Waals surface area contributed by atoms with Crippen LogP contribution in [0.4, 0.5) is 0 Å². The molecule has 2 aliphatic rings. The van der Waals surface area contributed by atoms with Crippen molar-refractivity contribution in [1.29, 1.82) is 0 Å². The van der Waals surface area contributed by atoms with Gasteiger partial charge in [-0.3, -0.25) is 4.79 Å². The van der Waals surface area contributed by atoms with Crippen LogP contribution in [0.3, 0.4) is 0 Å². The Morgan fingerprint density at radius 2 is 2.33 bits per heavy atom. The standard InChI is InChI=1S/C12H15ClN2O3/c13-10-9-8(12(16)17)2-1-4-15(9)11(14-10)7-3-5-18-6-7/h7-8H,1-6H2,(H,16,17). The minimum atomic E-state index is -0.813. The first-order valence-corrected chi connectivity index (χ1v) is 6.62. The van der Waals surface area contributed by atoms with Crippen LogP contribution < -0.4 is 0 Å². The van der Waals surface area contributed by atoms with Crippen molar-refractivity contribution in [3.8, 4) is 0 Å². The fourth-order valence-corrected chi connectivity index (χ4v) is 3.22. The zero-order valence-corrected chi connectivity index (χ0v) is 10.7. The van der Waals surface area contributed by atoms with Gasteiger partial charge in [-0.05, 0) is 19.3 Å². The molecule has 18 heavy (non-hydrogen) atoms. The number of imidazole rings is 1. The average molecular weight is 271 g/mol. The highest BCUT2D eigenvalue weighted by molar-refractivity contribution is 6.30. The molecule has 0 saturated carbocycles. The first-order chi connectivity index (χ1) is 8.68. The van der Waals surface area contributed by atoms with E-state index in [9.17, 15) is 9.90 Å². The summed E-state index contributed by atoms with van der Waals surface area (Å²) >= 11 is 6.14. The van der Waals surface area contributed by atoms with E-state index in [1.807, 2.05) is 4.57 Å². The van der Waals surface area contributed by atoms with Crippen LogP contribution in [0.25, 0.3) is 0 Å². The van der Waals surface area contributed by atoms with Crippen LogP contribution in [0.2, 0.25) is 5.15 Å². The minimum Gasteiger partial charge on any atom is -0.481 e. The molecule has 1 N–H and O–H groups in total. The van der Waals surface area contributed by atoms with E-state index in [4.69, 9.17) is 16.3 Å². The number of hydrogen-bond donors (Lipinski definition) is 1. The molecule has 3 rings (SSSR count). The number of carboxylic acids is 1. The maximum Gasteiger partial charge on any atom is 0.312 e. The van der Waals surface area contributed by atoms with Crippen molar-refractivity contribution in [2.24, 2.45) is 0 Å². The zero-order valence-electron chi connectivity index (χ0n) is 9.93. The summed E-state index contributed by atoms with van der Waals surface area (Å²) < 4.78 is 7.38. The van der Waals surface area contributed by atoms with Gasteiger partial charge in [0.2, 0.25) is 0 Å². The molecule has 1 fully saturated rings. The molecule has 1 aromatic rings. The molecule has 1 aromatic heterocycles. The average Bonchev–Trinajstić information content (AvgIpc) is 2.97. The van der Waals surface area contributed by atoms with Crippen LogP contribution in [0, 0.1) is 0 Å². The highest BCUT2D eigenvalue weighted by atomic mass is 35.5. The molecule has 3 heterocycles. The van der Waals surface area contributed by atoms with Crippen LogP contribution in [0.15, 0.2) is 0 Å². The monoisotopic (exact) mass is 270 g/mol.